The van der Waals surface area contributed by atoms with Crippen molar-refractivity contribution in [3.05, 3.63) is 22.3 Å². The largest absolute Gasteiger partial charge is 0.511 e. The van der Waals surface area contributed by atoms with Crippen molar-refractivity contribution in [2.75, 3.05) is 31.9 Å². The van der Waals surface area contributed by atoms with Gasteiger partial charge in [-0.3, -0.25) is 19.8 Å². The van der Waals surface area contributed by atoms with Crippen LogP contribution in [0.3, 0.4) is 0 Å². The van der Waals surface area contributed by atoms with E-state index in [1.165, 1.54) is 43.2 Å². The second kappa shape index (κ2) is 15.0. The molecule has 2 aliphatic heterocycles. The molecule has 0 bridgehead atoms. The molecule has 0 spiro atoms. The lowest BCUT2D eigenvalue weighted by Gasteiger charge is -2.49. The van der Waals surface area contributed by atoms with E-state index in [2.05, 4.69) is 20.8 Å². The molecule has 0 saturated carbocycles. The summed E-state index contributed by atoms with van der Waals surface area (Å²) in [4.78, 5) is 73.5. The zero-order chi connectivity index (χ0) is 31.8. The summed E-state index contributed by atoms with van der Waals surface area (Å²) in [6.07, 6.45) is -3.83. The van der Waals surface area contributed by atoms with Gasteiger partial charge in [-0.1, -0.05) is 5.16 Å². The number of carbonyl (C=O) groups is 5. The number of carbonyl (C=O) groups excluding carboxylic acids is 5. The Balaban J connectivity index is 1.72. The Kier molecular flexibility index (Phi) is 11.7. The number of methoxy groups -OCH3 is 1. The number of β-lactam (4-membered cyclic amide) rings is 1. The number of ether oxygens (including phenoxy) is 5. The number of thioether (sulfide) groups is 1. The molecule has 3 heterocycles. The van der Waals surface area contributed by atoms with Gasteiger partial charge in [0.05, 0.1) is 18.8 Å². The Bertz CT molecular complexity index is 1300. The van der Waals surface area contributed by atoms with E-state index in [-0.39, 0.29) is 40.7 Å². The number of thiazole rings is 1. The van der Waals surface area contributed by atoms with Crippen LogP contribution in [0, 0.1) is 0 Å². The zero-order valence-corrected chi connectivity index (χ0v) is 26.2. The molecule has 1 fully saturated rings. The summed E-state index contributed by atoms with van der Waals surface area (Å²) >= 11 is 2.33. The van der Waals surface area contributed by atoms with Crippen LogP contribution >= 0.6 is 23.1 Å². The molecule has 18 heteroatoms. The van der Waals surface area contributed by atoms with Crippen LogP contribution in [0.2, 0.25) is 0 Å². The van der Waals surface area contributed by atoms with Gasteiger partial charge in [0, 0.05) is 25.2 Å². The molecule has 0 aliphatic carbocycles. The predicted octanol–water partition coefficient (Wildman–Crippen LogP) is 2.20. The molecule has 16 nitrogen and oxygen atoms in total. The number of anilines is 1. The average Bonchev–Trinajstić information content (AvgIpc) is 3.36. The van der Waals surface area contributed by atoms with Gasteiger partial charge in [-0.05, 0) is 33.3 Å². The van der Waals surface area contributed by atoms with Crippen LogP contribution in [0.4, 0.5) is 14.7 Å². The number of hydrogen-bond acceptors (Lipinski definition) is 15. The lowest BCUT2D eigenvalue weighted by atomic mass is 10.0. The first-order valence-electron chi connectivity index (χ1n) is 13.0. The molecular weight excluding hydrogens is 610 g/mol. The smallest absolute Gasteiger partial charge is 0.447 e. The van der Waals surface area contributed by atoms with E-state index in [0.717, 1.165) is 11.3 Å². The highest BCUT2D eigenvalue weighted by atomic mass is 32.2. The maximum Gasteiger partial charge on any atom is 0.511 e. The van der Waals surface area contributed by atoms with E-state index >= 15 is 0 Å². The SMILES string of the molecule is COCC1=C(C(=O)OC(C)OC(=O)OC(C)C)N2C(=O)[C@@H](NC(=O)/C(=N\OC)c3csc(NC(=O)OC(C)C)n3)[C@H]2SC1. The number of oxime groups is 1. The van der Waals surface area contributed by atoms with E-state index in [1.54, 1.807) is 27.7 Å². The molecule has 1 saturated heterocycles. The molecule has 236 valence electrons. The summed E-state index contributed by atoms with van der Waals surface area (Å²) in [5.74, 6) is -1.99. The normalized spacial score (nSPS) is 18.9. The summed E-state index contributed by atoms with van der Waals surface area (Å²) in [6, 6.07) is -1.03. The van der Waals surface area contributed by atoms with Gasteiger partial charge in [0.2, 0.25) is 6.29 Å². The first-order chi connectivity index (χ1) is 20.4. The van der Waals surface area contributed by atoms with Crippen LogP contribution in [0.25, 0.3) is 0 Å². The van der Waals surface area contributed by atoms with Crippen molar-refractivity contribution in [3.63, 3.8) is 0 Å². The highest BCUT2D eigenvalue weighted by molar-refractivity contribution is 8.00. The summed E-state index contributed by atoms with van der Waals surface area (Å²) in [5.41, 5.74) is 0.248. The third-order valence-electron chi connectivity index (χ3n) is 5.41. The van der Waals surface area contributed by atoms with E-state index in [4.69, 9.17) is 28.5 Å². The van der Waals surface area contributed by atoms with Gasteiger partial charge in [-0.15, -0.1) is 23.1 Å². The Morgan fingerprint density at radius 1 is 1.07 bits per heavy atom. The zero-order valence-electron chi connectivity index (χ0n) is 24.5. The van der Waals surface area contributed by atoms with E-state index in [9.17, 15) is 24.0 Å². The van der Waals surface area contributed by atoms with Gasteiger partial charge < -0.3 is 33.8 Å². The minimum atomic E-state index is -1.31. The highest BCUT2D eigenvalue weighted by Gasteiger charge is 2.55. The van der Waals surface area contributed by atoms with Crippen molar-refractivity contribution >= 4 is 64.0 Å². The number of amides is 3. The monoisotopic (exact) mass is 643 g/mol. The van der Waals surface area contributed by atoms with Crippen LogP contribution in [0.5, 0.6) is 0 Å². The summed E-state index contributed by atoms with van der Waals surface area (Å²) in [7, 11) is 2.67. The van der Waals surface area contributed by atoms with Gasteiger partial charge in [-0.2, -0.15) is 0 Å². The van der Waals surface area contributed by atoms with E-state index in [0.29, 0.717) is 5.57 Å². The molecule has 3 rings (SSSR count). The molecule has 0 aromatic carbocycles. The van der Waals surface area contributed by atoms with Crippen molar-refractivity contribution in [3.8, 4) is 0 Å². The van der Waals surface area contributed by atoms with E-state index < -0.39 is 53.8 Å². The number of aromatic nitrogens is 1. The van der Waals surface area contributed by atoms with Gasteiger partial charge in [-0.25, -0.2) is 19.4 Å². The topological polar surface area (TPSA) is 193 Å². The van der Waals surface area contributed by atoms with Gasteiger partial charge in [0.15, 0.2) is 10.8 Å². The number of rotatable bonds is 12. The Morgan fingerprint density at radius 3 is 2.40 bits per heavy atom. The molecule has 0 radical (unpaired) electrons. The average molecular weight is 644 g/mol. The Morgan fingerprint density at radius 2 is 1.77 bits per heavy atom. The minimum absolute atomic E-state index is 0.0329. The third-order valence-corrected chi connectivity index (χ3v) is 7.51. The Hall–Kier alpha value is -3.90. The maximum absolute atomic E-state index is 13.3. The molecule has 3 amide bonds. The molecule has 2 N–H and O–H groups in total. The molecule has 1 aromatic rings. The fourth-order valence-electron chi connectivity index (χ4n) is 3.82. The van der Waals surface area contributed by atoms with Gasteiger partial charge in [0.1, 0.15) is 29.9 Å². The number of fused-ring (bicyclic) bond motifs is 1. The minimum Gasteiger partial charge on any atom is -0.447 e. The van der Waals surface area contributed by atoms with Gasteiger partial charge >= 0.3 is 18.2 Å². The summed E-state index contributed by atoms with van der Waals surface area (Å²) in [5, 5.41) is 9.79. The van der Waals surface area contributed by atoms with Crippen molar-refractivity contribution in [1.29, 1.82) is 0 Å². The molecular formula is C25H33N5O11S2. The van der Waals surface area contributed by atoms with E-state index in [1.807, 2.05) is 0 Å². The fraction of sp³-hybridized carbons (Fsp3) is 0.560. The van der Waals surface area contributed by atoms with Crippen molar-refractivity contribution in [1.82, 2.24) is 15.2 Å². The molecule has 2 aliphatic rings. The number of nitrogens with zero attached hydrogens (tertiary/aromatic N) is 3. The van der Waals surface area contributed by atoms with Crippen LogP contribution in [-0.2, 0) is 42.9 Å². The quantitative estimate of drug-likeness (QED) is 0.0842. The first kappa shape index (κ1) is 33.6. The molecule has 3 atom stereocenters. The molecule has 43 heavy (non-hydrogen) atoms. The van der Waals surface area contributed by atoms with Gasteiger partial charge in [0.25, 0.3) is 11.8 Å². The summed E-state index contributed by atoms with van der Waals surface area (Å²) < 4.78 is 25.3. The second-order valence-corrected chi connectivity index (χ2v) is 11.5. The van der Waals surface area contributed by atoms with Crippen molar-refractivity contribution in [2.24, 2.45) is 5.16 Å². The van der Waals surface area contributed by atoms with Crippen LogP contribution in [-0.4, -0.2) is 102 Å². The van der Waals surface area contributed by atoms with Crippen molar-refractivity contribution in [2.45, 2.75) is 64.5 Å². The summed E-state index contributed by atoms with van der Waals surface area (Å²) in [6.45, 7) is 8.00. The lowest BCUT2D eigenvalue weighted by Crippen LogP contribution is -2.71. The predicted molar refractivity (Wildman–Crippen MR) is 153 cm³/mol. The van der Waals surface area contributed by atoms with Crippen LogP contribution in [0.15, 0.2) is 21.8 Å². The van der Waals surface area contributed by atoms with Crippen LogP contribution < -0.4 is 10.6 Å². The second-order valence-electron chi connectivity index (χ2n) is 9.49. The Labute approximate surface area is 255 Å². The number of nitrogens with one attached hydrogen (secondary N) is 2. The first-order valence-corrected chi connectivity index (χ1v) is 14.9. The van der Waals surface area contributed by atoms with Crippen molar-refractivity contribution < 1.29 is 52.5 Å². The molecule has 1 unspecified atom stereocenters. The number of hydrogen-bond donors (Lipinski definition) is 2. The molecule has 1 aromatic heterocycles. The highest BCUT2D eigenvalue weighted by Crippen LogP contribution is 2.41. The fourth-order valence-corrected chi connectivity index (χ4v) is 5.83. The lowest BCUT2D eigenvalue weighted by molar-refractivity contribution is -0.169. The maximum atomic E-state index is 13.3. The standard InChI is InChI=1S/C25H33N5O11S2/c1-11(2)38-24(34)28-23-26-15(10-43-23)16(29-37-7)19(31)27-17-20(32)30-18(14(8-36-6)9-42-21(17)30)22(33)40-13(5)41-25(35)39-12(3)4/h10-13,17,21H,8-9H2,1-7H3,(H,27,31)(H,26,28,34)/b29-16-/t13?,17-,21-/m1/s1. The third kappa shape index (κ3) is 8.57. The van der Waals surface area contributed by atoms with Crippen LogP contribution in [0.1, 0.15) is 40.3 Å². The number of esters is 1.